The molecule has 2 heteroatoms. The Balaban J connectivity index is 2.07. The van der Waals surface area contributed by atoms with Crippen molar-refractivity contribution in [3.63, 3.8) is 0 Å². The van der Waals surface area contributed by atoms with Gasteiger partial charge < -0.3 is 10.4 Å². The lowest BCUT2D eigenvalue weighted by Crippen LogP contribution is -2.36. The summed E-state index contributed by atoms with van der Waals surface area (Å²) in [5.41, 5.74) is 3.43. The average Bonchev–Trinajstić information content (AvgIpc) is 2.53. The minimum atomic E-state index is -0.484. The van der Waals surface area contributed by atoms with Gasteiger partial charge in [-0.05, 0) is 31.4 Å². The van der Waals surface area contributed by atoms with Crippen molar-refractivity contribution in [1.29, 1.82) is 0 Å². The highest BCUT2D eigenvalue weighted by Crippen LogP contribution is 2.22. The molecule has 0 aromatic heterocycles. The van der Waals surface area contributed by atoms with E-state index in [2.05, 4.69) is 38.2 Å². The third kappa shape index (κ3) is 4.16. The maximum absolute atomic E-state index is 10.6. The first kappa shape index (κ1) is 15.7. The Kier molecular flexibility index (Phi) is 5.54. The Morgan fingerprint density at radius 3 is 2.14 bits per heavy atom. The second-order valence-corrected chi connectivity index (χ2v) is 5.67. The lowest BCUT2D eigenvalue weighted by Gasteiger charge is -2.27. The van der Waals surface area contributed by atoms with Gasteiger partial charge in [-0.1, -0.05) is 67.1 Å². The van der Waals surface area contributed by atoms with Crippen molar-refractivity contribution in [2.75, 3.05) is 0 Å². The van der Waals surface area contributed by atoms with Crippen molar-refractivity contribution >= 4 is 0 Å². The summed E-state index contributed by atoms with van der Waals surface area (Å²) in [6.07, 6.45) is 0.397. The smallest absolute Gasteiger partial charge is 0.0943 e. The van der Waals surface area contributed by atoms with Crippen LogP contribution in [0.15, 0.2) is 54.6 Å². The quantitative estimate of drug-likeness (QED) is 0.834. The van der Waals surface area contributed by atoms with E-state index in [4.69, 9.17) is 0 Å². The predicted molar refractivity (Wildman–Crippen MR) is 88.2 cm³/mol. The Bertz CT molecular complexity index is 535. The Hall–Kier alpha value is -1.64. The lowest BCUT2D eigenvalue weighted by molar-refractivity contribution is 0.120. The van der Waals surface area contributed by atoms with Crippen LogP contribution < -0.4 is 5.32 Å². The summed E-state index contributed by atoms with van der Waals surface area (Å²) in [7, 11) is 0. The summed E-state index contributed by atoms with van der Waals surface area (Å²) >= 11 is 0. The SMILES string of the molecule is CCC(NC(C)c1ccccc1)C(O)c1ccc(C)cc1. The van der Waals surface area contributed by atoms with E-state index in [1.54, 1.807) is 0 Å². The van der Waals surface area contributed by atoms with Crippen molar-refractivity contribution in [3.8, 4) is 0 Å². The molecule has 2 N–H and O–H groups in total. The third-order valence-corrected chi connectivity index (χ3v) is 4.00. The fourth-order valence-electron chi connectivity index (χ4n) is 2.59. The second-order valence-electron chi connectivity index (χ2n) is 5.67. The zero-order valence-electron chi connectivity index (χ0n) is 13.1. The van der Waals surface area contributed by atoms with Gasteiger partial charge in [0, 0.05) is 12.1 Å². The largest absolute Gasteiger partial charge is 0.387 e. The Labute approximate surface area is 127 Å². The van der Waals surface area contributed by atoms with Gasteiger partial charge in [-0.3, -0.25) is 0 Å². The highest BCUT2D eigenvalue weighted by molar-refractivity contribution is 5.24. The molecule has 3 atom stereocenters. The second kappa shape index (κ2) is 7.39. The highest BCUT2D eigenvalue weighted by Gasteiger charge is 2.21. The first-order valence-corrected chi connectivity index (χ1v) is 7.67. The van der Waals surface area contributed by atoms with Crippen LogP contribution in [0, 0.1) is 6.92 Å². The minimum Gasteiger partial charge on any atom is -0.387 e. The van der Waals surface area contributed by atoms with E-state index in [1.165, 1.54) is 11.1 Å². The molecule has 3 unspecified atom stereocenters. The van der Waals surface area contributed by atoms with Crippen LogP contribution in [0.3, 0.4) is 0 Å². The monoisotopic (exact) mass is 283 g/mol. The van der Waals surface area contributed by atoms with Gasteiger partial charge in [0.15, 0.2) is 0 Å². The standard InChI is InChI=1S/C19H25NO/c1-4-18(19(21)17-12-10-14(2)11-13-17)20-15(3)16-8-6-5-7-9-16/h5-13,15,18-21H,4H2,1-3H3. The maximum Gasteiger partial charge on any atom is 0.0943 e. The number of hydrogen-bond acceptors (Lipinski definition) is 2. The fourth-order valence-corrected chi connectivity index (χ4v) is 2.59. The molecule has 0 spiro atoms. The van der Waals surface area contributed by atoms with E-state index >= 15 is 0 Å². The topological polar surface area (TPSA) is 32.3 Å². The molecular weight excluding hydrogens is 258 g/mol. The normalized spacial score (nSPS) is 15.4. The first-order valence-electron chi connectivity index (χ1n) is 7.67. The van der Waals surface area contributed by atoms with Crippen LogP contribution in [-0.2, 0) is 0 Å². The number of rotatable bonds is 6. The molecule has 21 heavy (non-hydrogen) atoms. The summed E-state index contributed by atoms with van der Waals surface area (Å²) in [5, 5.41) is 14.2. The average molecular weight is 283 g/mol. The summed E-state index contributed by atoms with van der Waals surface area (Å²) in [4.78, 5) is 0. The van der Waals surface area contributed by atoms with Crippen LogP contribution >= 0.6 is 0 Å². The van der Waals surface area contributed by atoms with Crippen molar-refractivity contribution < 1.29 is 5.11 Å². The van der Waals surface area contributed by atoms with Gasteiger partial charge in [0.1, 0.15) is 0 Å². The molecule has 0 saturated heterocycles. The number of benzene rings is 2. The summed E-state index contributed by atoms with van der Waals surface area (Å²) in [6.45, 7) is 6.30. The zero-order chi connectivity index (χ0) is 15.2. The predicted octanol–water partition coefficient (Wildman–Crippen LogP) is 4.16. The molecule has 0 aliphatic rings. The van der Waals surface area contributed by atoms with Gasteiger partial charge in [-0.25, -0.2) is 0 Å². The van der Waals surface area contributed by atoms with E-state index < -0.39 is 6.10 Å². The van der Waals surface area contributed by atoms with Crippen LogP contribution in [0.1, 0.15) is 49.1 Å². The molecule has 0 saturated carbocycles. The van der Waals surface area contributed by atoms with E-state index in [1.807, 2.05) is 42.5 Å². The molecule has 0 fully saturated rings. The molecule has 0 aliphatic carbocycles. The van der Waals surface area contributed by atoms with Crippen LogP contribution in [0.5, 0.6) is 0 Å². The molecule has 2 nitrogen and oxygen atoms in total. The number of hydrogen-bond donors (Lipinski definition) is 2. The summed E-state index contributed by atoms with van der Waals surface area (Å²) in [5.74, 6) is 0. The van der Waals surface area contributed by atoms with E-state index in [-0.39, 0.29) is 12.1 Å². The lowest BCUT2D eigenvalue weighted by atomic mass is 9.97. The van der Waals surface area contributed by atoms with Crippen molar-refractivity contribution in [3.05, 3.63) is 71.3 Å². The van der Waals surface area contributed by atoms with E-state index in [9.17, 15) is 5.11 Å². The van der Waals surface area contributed by atoms with Crippen molar-refractivity contribution in [2.24, 2.45) is 0 Å². The van der Waals surface area contributed by atoms with Crippen molar-refractivity contribution in [2.45, 2.75) is 45.4 Å². The molecule has 0 radical (unpaired) electrons. The maximum atomic E-state index is 10.6. The van der Waals surface area contributed by atoms with Crippen LogP contribution in [-0.4, -0.2) is 11.1 Å². The summed E-state index contributed by atoms with van der Waals surface area (Å²) in [6, 6.07) is 18.7. The molecule has 2 aromatic carbocycles. The number of nitrogens with one attached hydrogen (secondary N) is 1. The van der Waals surface area contributed by atoms with Crippen LogP contribution in [0.25, 0.3) is 0 Å². The van der Waals surface area contributed by atoms with Gasteiger partial charge in [-0.15, -0.1) is 0 Å². The number of aliphatic hydroxyl groups is 1. The molecular formula is C19H25NO. The number of aryl methyl sites for hydroxylation is 1. The molecule has 2 rings (SSSR count). The fraction of sp³-hybridized carbons (Fsp3) is 0.368. The van der Waals surface area contributed by atoms with Gasteiger partial charge in [0.25, 0.3) is 0 Å². The molecule has 112 valence electrons. The third-order valence-electron chi connectivity index (χ3n) is 4.00. The molecule has 2 aromatic rings. The van der Waals surface area contributed by atoms with E-state index in [0.717, 1.165) is 12.0 Å². The number of aliphatic hydroxyl groups excluding tert-OH is 1. The Morgan fingerprint density at radius 2 is 1.57 bits per heavy atom. The molecule has 0 amide bonds. The van der Waals surface area contributed by atoms with Crippen molar-refractivity contribution in [1.82, 2.24) is 5.32 Å². The Morgan fingerprint density at radius 1 is 0.952 bits per heavy atom. The zero-order valence-corrected chi connectivity index (χ0v) is 13.1. The molecule has 0 heterocycles. The van der Waals surface area contributed by atoms with Gasteiger partial charge in [0.05, 0.1) is 6.10 Å². The first-order chi connectivity index (χ1) is 10.1. The molecule has 0 bridgehead atoms. The van der Waals surface area contributed by atoms with Gasteiger partial charge in [0.2, 0.25) is 0 Å². The van der Waals surface area contributed by atoms with E-state index in [0.29, 0.717) is 0 Å². The van der Waals surface area contributed by atoms with Gasteiger partial charge >= 0.3 is 0 Å². The summed E-state index contributed by atoms with van der Waals surface area (Å²) < 4.78 is 0. The van der Waals surface area contributed by atoms with Crippen LogP contribution in [0.2, 0.25) is 0 Å². The van der Waals surface area contributed by atoms with Gasteiger partial charge in [-0.2, -0.15) is 0 Å². The van der Waals surface area contributed by atoms with Crippen LogP contribution in [0.4, 0.5) is 0 Å². The minimum absolute atomic E-state index is 0.0444. The highest BCUT2D eigenvalue weighted by atomic mass is 16.3. The molecule has 0 aliphatic heterocycles.